The molecule has 0 radical (unpaired) electrons. The lowest BCUT2D eigenvalue weighted by atomic mass is 9.94. The molecular weight excluding hydrogens is 400 g/mol. The van der Waals surface area contributed by atoms with Gasteiger partial charge >= 0.3 is 0 Å². The van der Waals surface area contributed by atoms with Gasteiger partial charge in [0.2, 0.25) is 5.91 Å². The monoisotopic (exact) mass is 428 g/mol. The molecule has 1 fully saturated rings. The molecule has 2 atom stereocenters. The van der Waals surface area contributed by atoms with Crippen LogP contribution in [0.15, 0.2) is 34.9 Å². The minimum absolute atomic E-state index is 0.0355. The number of nitrogens with zero attached hydrogens (tertiary/aromatic N) is 3. The number of hydrogen-bond acceptors (Lipinski definition) is 6. The van der Waals surface area contributed by atoms with Crippen molar-refractivity contribution in [2.24, 2.45) is 11.8 Å². The third-order valence-corrected chi connectivity index (χ3v) is 5.25. The Morgan fingerprint density at radius 3 is 2.45 bits per heavy atom. The highest BCUT2D eigenvalue weighted by Gasteiger charge is 2.39. The highest BCUT2D eigenvalue weighted by Crippen LogP contribution is 2.26. The molecule has 1 aliphatic rings. The van der Waals surface area contributed by atoms with Gasteiger partial charge in [-0.15, -0.1) is 0 Å². The van der Waals surface area contributed by atoms with Gasteiger partial charge in [-0.3, -0.25) is 19.7 Å². The van der Waals surface area contributed by atoms with Crippen molar-refractivity contribution in [1.29, 1.82) is 0 Å². The quantitative estimate of drug-likeness (QED) is 0.531. The smallest absolute Gasteiger partial charge is 0.276 e. The summed E-state index contributed by atoms with van der Waals surface area (Å²) in [5.41, 5.74) is 0.650. The molecule has 1 N–H and O–H groups in total. The number of rotatable bonds is 7. The van der Waals surface area contributed by atoms with Gasteiger partial charge in [-0.05, 0) is 36.8 Å². The van der Waals surface area contributed by atoms with E-state index in [9.17, 15) is 19.7 Å². The average molecular weight is 428 g/mol. The van der Waals surface area contributed by atoms with E-state index >= 15 is 0 Å². The number of carbonyl (C=O) groups excluding carboxylic acids is 2. The summed E-state index contributed by atoms with van der Waals surface area (Å²) in [5.74, 6) is 0.452. The molecule has 2 heterocycles. The first kappa shape index (κ1) is 22.5. The molecule has 9 heteroatoms. The van der Waals surface area contributed by atoms with Crippen molar-refractivity contribution < 1.29 is 19.0 Å². The number of amides is 2. The first-order chi connectivity index (χ1) is 14.7. The number of carbonyl (C=O) groups is 2. The summed E-state index contributed by atoms with van der Waals surface area (Å²) in [5, 5.41) is 17.8. The van der Waals surface area contributed by atoms with E-state index in [1.54, 1.807) is 17.0 Å². The number of nitrogens with one attached hydrogen (secondary N) is 1. The van der Waals surface area contributed by atoms with Gasteiger partial charge in [0.1, 0.15) is 6.04 Å². The van der Waals surface area contributed by atoms with Crippen LogP contribution < -0.4 is 5.32 Å². The maximum Gasteiger partial charge on any atom is 0.276 e. The van der Waals surface area contributed by atoms with Gasteiger partial charge in [0.25, 0.3) is 11.6 Å². The summed E-state index contributed by atoms with van der Waals surface area (Å²) in [6, 6.07) is 6.66. The van der Waals surface area contributed by atoms with Crippen LogP contribution in [0.1, 0.15) is 51.0 Å². The van der Waals surface area contributed by atoms with E-state index in [4.69, 9.17) is 4.52 Å². The summed E-state index contributed by atoms with van der Waals surface area (Å²) in [7, 11) is 0. The molecule has 1 aliphatic heterocycles. The summed E-state index contributed by atoms with van der Waals surface area (Å²) in [6.45, 7) is 8.59. The molecule has 1 aromatic heterocycles. The lowest BCUT2D eigenvalue weighted by molar-refractivity contribution is -0.384. The van der Waals surface area contributed by atoms with E-state index in [1.165, 1.54) is 18.2 Å². The SMILES string of the molecule is CC(C)C[C@H]1CN(C(=O)c2cc(-c3ccc([N+](=O)[O-])cc3)on2)[C@@H](CC(C)C)C(=O)N1. The number of nitro benzene ring substituents is 1. The van der Waals surface area contributed by atoms with Gasteiger partial charge in [0.15, 0.2) is 11.5 Å². The van der Waals surface area contributed by atoms with Crippen molar-refractivity contribution in [3.63, 3.8) is 0 Å². The lowest BCUT2D eigenvalue weighted by Gasteiger charge is -2.40. The molecule has 1 aromatic carbocycles. The number of aromatic nitrogens is 1. The highest BCUT2D eigenvalue weighted by atomic mass is 16.6. The zero-order valence-electron chi connectivity index (χ0n) is 18.2. The van der Waals surface area contributed by atoms with E-state index in [-0.39, 0.29) is 35.2 Å². The topological polar surface area (TPSA) is 119 Å². The minimum Gasteiger partial charge on any atom is -0.355 e. The summed E-state index contributed by atoms with van der Waals surface area (Å²) < 4.78 is 5.33. The Kier molecular flexibility index (Phi) is 6.72. The largest absolute Gasteiger partial charge is 0.355 e. The van der Waals surface area contributed by atoms with Crippen LogP contribution in [0.4, 0.5) is 5.69 Å². The van der Waals surface area contributed by atoms with Gasteiger partial charge < -0.3 is 14.7 Å². The molecule has 0 bridgehead atoms. The zero-order valence-corrected chi connectivity index (χ0v) is 18.2. The lowest BCUT2D eigenvalue weighted by Crippen LogP contribution is -2.62. The fraction of sp³-hybridized carbons (Fsp3) is 0.500. The molecule has 2 amide bonds. The van der Waals surface area contributed by atoms with E-state index in [1.807, 2.05) is 13.8 Å². The Hall–Kier alpha value is -3.23. The Balaban J connectivity index is 1.84. The highest BCUT2D eigenvalue weighted by molar-refractivity contribution is 5.97. The van der Waals surface area contributed by atoms with Gasteiger partial charge in [-0.25, -0.2) is 0 Å². The predicted molar refractivity (Wildman–Crippen MR) is 114 cm³/mol. The van der Waals surface area contributed by atoms with Crippen molar-refractivity contribution in [3.05, 3.63) is 46.1 Å². The molecule has 9 nitrogen and oxygen atoms in total. The van der Waals surface area contributed by atoms with Crippen LogP contribution in [0, 0.1) is 22.0 Å². The molecule has 0 saturated carbocycles. The second-order valence-electron chi connectivity index (χ2n) is 8.82. The van der Waals surface area contributed by atoms with E-state index in [0.717, 1.165) is 6.42 Å². The number of nitro groups is 1. The van der Waals surface area contributed by atoms with E-state index < -0.39 is 11.0 Å². The summed E-state index contributed by atoms with van der Waals surface area (Å²) in [4.78, 5) is 38.0. The van der Waals surface area contributed by atoms with Gasteiger partial charge in [-0.2, -0.15) is 0 Å². The Bertz CT molecular complexity index is 951. The van der Waals surface area contributed by atoms with Crippen LogP contribution in [0.25, 0.3) is 11.3 Å². The standard InChI is InChI=1S/C22H28N4O5/c1-13(2)9-16-12-25(19(10-14(3)4)21(27)23-16)22(28)18-11-20(31-24-18)15-5-7-17(8-6-15)26(29)30/h5-8,11,13-14,16,19H,9-10,12H2,1-4H3,(H,23,27)/t16-,19-/m0/s1. The van der Waals surface area contributed by atoms with Crippen molar-refractivity contribution in [3.8, 4) is 11.3 Å². The molecule has 31 heavy (non-hydrogen) atoms. The summed E-state index contributed by atoms with van der Waals surface area (Å²) >= 11 is 0. The molecule has 0 aliphatic carbocycles. The predicted octanol–water partition coefficient (Wildman–Crippen LogP) is 3.65. The summed E-state index contributed by atoms with van der Waals surface area (Å²) in [6.07, 6.45) is 1.33. The Labute approximate surface area is 180 Å². The molecule has 2 aromatic rings. The minimum atomic E-state index is -0.560. The van der Waals surface area contributed by atoms with Gasteiger partial charge in [0.05, 0.1) is 4.92 Å². The third-order valence-electron chi connectivity index (χ3n) is 5.25. The average Bonchev–Trinajstić information content (AvgIpc) is 3.19. The fourth-order valence-electron chi connectivity index (χ4n) is 3.86. The molecule has 0 spiro atoms. The zero-order chi connectivity index (χ0) is 22.7. The number of piperazine rings is 1. The van der Waals surface area contributed by atoms with Gasteiger partial charge in [0, 0.05) is 36.3 Å². The van der Waals surface area contributed by atoms with Crippen molar-refractivity contribution in [2.75, 3.05) is 6.54 Å². The van der Waals surface area contributed by atoms with Crippen LogP contribution in [-0.2, 0) is 4.79 Å². The van der Waals surface area contributed by atoms with Crippen LogP contribution in [0.2, 0.25) is 0 Å². The first-order valence-corrected chi connectivity index (χ1v) is 10.5. The number of non-ortho nitro benzene ring substituents is 1. The van der Waals surface area contributed by atoms with Crippen molar-refractivity contribution in [2.45, 2.75) is 52.6 Å². The molecule has 3 rings (SSSR count). The van der Waals surface area contributed by atoms with Gasteiger partial charge in [-0.1, -0.05) is 32.9 Å². The van der Waals surface area contributed by atoms with Crippen molar-refractivity contribution >= 4 is 17.5 Å². The molecular formula is C22H28N4O5. The molecule has 1 saturated heterocycles. The fourth-order valence-corrected chi connectivity index (χ4v) is 3.86. The van der Waals surface area contributed by atoms with Crippen LogP contribution in [0.3, 0.4) is 0 Å². The maximum atomic E-state index is 13.3. The Morgan fingerprint density at radius 2 is 1.87 bits per heavy atom. The Morgan fingerprint density at radius 1 is 1.23 bits per heavy atom. The second kappa shape index (κ2) is 9.28. The van der Waals surface area contributed by atoms with Crippen molar-refractivity contribution in [1.82, 2.24) is 15.4 Å². The number of hydrogen-bond donors (Lipinski definition) is 1. The maximum absolute atomic E-state index is 13.3. The molecule has 166 valence electrons. The first-order valence-electron chi connectivity index (χ1n) is 10.5. The number of benzene rings is 1. The van der Waals surface area contributed by atoms with Crippen LogP contribution >= 0.6 is 0 Å². The van der Waals surface area contributed by atoms with E-state index in [0.29, 0.717) is 30.2 Å². The second-order valence-corrected chi connectivity index (χ2v) is 8.82. The third kappa shape index (κ3) is 5.28. The van der Waals surface area contributed by atoms with Crippen LogP contribution in [-0.4, -0.2) is 45.4 Å². The normalized spacial score (nSPS) is 19.0. The molecule has 0 unspecified atom stereocenters. The van der Waals surface area contributed by atoms with E-state index in [2.05, 4.69) is 24.3 Å². The van der Waals surface area contributed by atoms with Crippen LogP contribution in [0.5, 0.6) is 0 Å².